The number of ether oxygens (including phenoxy) is 2. The Kier molecular flexibility index (Phi) is 5.24. The van der Waals surface area contributed by atoms with E-state index in [4.69, 9.17) is 20.3 Å². The molecular weight excluding hydrogens is 251 g/mol. The molecule has 0 amide bonds. The predicted molar refractivity (Wildman–Crippen MR) is 59.3 cm³/mol. The van der Waals surface area contributed by atoms with Crippen LogP contribution in [0.4, 0.5) is 18.9 Å². The molecule has 0 saturated heterocycles. The van der Waals surface area contributed by atoms with E-state index in [0.717, 1.165) is 12.1 Å². The van der Waals surface area contributed by atoms with E-state index in [-0.39, 0.29) is 37.9 Å². The SMILES string of the molecule is Nc1cc(C(F)(F)F)ccc1OCCOCCO. The molecule has 0 aliphatic heterocycles. The zero-order valence-electron chi connectivity index (χ0n) is 9.54. The van der Waals surface area contributed by atoms with E-state index < -0.39 is 11.7 Å². The molecule has 0 fully saturated rings. The van der Waals surface area contributed by atoms with Crippen molar-refractivity contribution in [2.75, 3.05) is 32.2 Å². The van der Waals surface area contributed by atoms with Crippen molar-refractivity contribution in [1.82, 2.24) is 0 Å². The van der Waals surface area contributed by atoms with E-state index in [2.05, 4.69) is 0 Å². The first-order valence-electron chi connectivity index (χ1n) is 5.23. The molecule has 0 aliphatic carbocycles. The Labute approximate surface area is 102 Å². The van der Waals surface area contributed by atoms with Crippen LogP contribution in [0, 0.1) is 0 Å². The molecule has 3 N–H and O–H groups in total. The maximum atomic E-state index is 12.4. The molecule has 0 aromatic heterocycles. The van der Waals surface area contributed by atoms with Gasteiger partial charge in [0.1, 0.15) is 12.4 Å². The molecule has 0 unspecified atom stereocenters. The first-order chi connectivity index (χ1) is 8.45. The Morgan fingerprint density at radius 3 is 2.44 bits per heavy atom. The topological polar surface area (TPSA) is 64.7 Å². The molecule has 0 heterocycles. The van der Waals surface area contributed by atoms with Crippen molar-refractivity contribution >= 4 is 5.69 Å². The van der Waals surface area contributed by atoms with Crippen LogP contribution >= 0.6 is 0 Å². The molecule has 1 rings (SSSR count). The molecular formula is C11H14F3NO3. The minimum Gasteiger partial charge on any atom is -0.489 e. The number of nitrogens with two attached hydrogens (primary N) is 1. The largest absolute Gasteiger partial charge is 0.489 e. The monoisotopic (exact) mass is 265 g/mol. The van der Waals surface area contributed by atoms with Gasteiger partial charge in [-0.3, -0.25) is 0 Å². The number of aliphatic hydroxyl groups is 1. The average Bonchev–Trinajstić information content (AvgIpc) is 2.29. The number of rotatable bonds is 6. The minimum absolute atomic E-state index is 0.0769. The number of alkyl halides is 3. The molecule has 0 saturated carbocycles. The van der Waals surface area contributed by atoms with Gasteiger partial charge in [0.25, 0.3) is 0 Å². The van der Waals surface area contributed by atoms with Gasteiger partial charge in [-0.25, -0.2) is 0 Å². The van der Waals surface area contributed by atoms with Crippen LogP contribution in [0.15, 0.2) is 18.2 Å². The van der Waals surface area contributed by atoms with E-state index in [0.29, 0.717) is 0 Å². The van der Waals surface area contributed by atoms with Gasteiger partial charge < -0.3 is 20.3 Å². The van der Waals surface area contributed by atoms with Gasteiger partial charge >= 0.3 is 6.18 Å². The summed E-state index contributed by atoms with van der Waals surface area (Å²) < 4.78 is 47.1. The van der Waals surface area contributed by atoms with Gasteiger partial charge in [-0.2, -0.15) is 13.2 Å². The fourth-order valence-corrected chi connectivity index (χ4v) is 1.23. The summed E-state index contributed by atoms with van der Waals surface area (Å²) in [6, 6.07) is 2.90. The highest BCUT2D eigenvalue weighted by Crippen LogP contribution is 2.33. The van der Waals surface area contributed by atoms with Crippen LogP contribution in [0.25, 0.3) is 0 Å². The van der Waals surface area contributed by atoms with Crippen molar-refractivity contribution in [2.45, 2.75) is 6.18 Å². The average molecular weight is 265 g/mol. The molecule has 0 atom stereocenters. The smallest absolute Gasteiger partial charge is 0.416 e. The van der Waals surface area contributed by atoms with Gasteiger partial charge in [0, 0.05) is 0 Å². The normalized spacial score (nSPS) is 11.6. The zero-order valence-corrected chi connectivity index (χ0v) is 9.54. The molecule has 102 valence electrons. The highest BCUT2D eigenvalue weighted by Gasteiger charge is 2.30. The van der Waals surface area contributed by atoms with E-state index in [1.54, 1.807) is 0 Å². The van der Waals surface area contributed by atoms with Gasteiger partial charge in [0.2, 0.25) is 0 Å². The lowest BCUT2D eigenvalue weighted by atomic mass is 10.2. The third kappa shape index (κ3) is 4.42. The second-order valence-corrected chi connectivity index (χ2v) is 3.43. The maximum Gasteiger partial charge on any atom is 0.416 e. The molecule has 1 aromatic carbocycles. The summed E-state index contributed by atoms with van der Waals surface area (Å²) in [5, 5.41) is 8.44. The lowest BCUT2D eigenvalue weighted by Gasteiger charge is -2.12. The van der Waals surface area contributed by atoms with Gasteiger partial charge in [-0.1, -0.05) is 0 Å². The Balaban J connectivity index is 2.53. The molecule has 18 heavy (non-hydrogen) atoms. The van der Waals surface area contributed by atoms with Crippen molar-refractivity contribution in [3.05, 3.63) is 23.8 Å². The highest BCUT2D eigenvalue weighted by molar-refractivity contribution is 5.54. The van der Waals surface area contributed by atoms with Crippen molar-refractivity contribution in [3.63, 3.8) is 0 Å². The molecule has 0 radical (unpaired) electrons. The van der Waals surface area contributed by atoms with E-state index >= 15 is 0 Å². The van der Waals surface area contributed by atoms with Crippen LogP contribution in [0.3, 0.4) is 0 Å². The molecule has 4 nitrogen and oxygen atoms in total. The summed E-state index contributed by atoms with van der Waals surface area (Å²) in [6.07, 6.45) is -4.42. The van der Waals surface area contributed by atoms with Crippen LogP contribution in [0.5, 0.6) is 5.75 Å². The lowest BCUT2D eigenvalue weighted by Crippen LogP contribution is -2.11. The Morgan fingerprint density at radius 2 is 1.89 bits per heavy atom. The van der Waals surface area contributed by atoms with E-state index in [1.165, 1.54) is 6.07 Å². The summed E-state index contributed by atoms with van der Waals surface area (Å²) in [4.78, 5) is 0. The Bertz CT molecular complexity index is 382. The predicted octanol–water partition coefficient (Wildman–Crippen LogP) is 1.68. The number of hydrogen-bond donors (Lipinski definition) is 2. The molecule has 0 aliphatic rings. The van der Waals surface area contributed by atoms with Crippen LogP contribution < -0.4 is 10.5 Å². The van der Waals surface area contributed by atoms with Gasteiger partial charge in [0.05, 0.1) is 31.1 Å². The Morgan fingerprint density at radius 1 is 1.17 bits per heavy atom. The third-order valence-corrected chi connectivity index (χ3v) is 2.06. The van der Waals surface area contributed by atoms with Crippen molar-refractivity contribution in [1.29, 1.82) is 0 Å². The Hall–Kier alpha value is -1.47. The summed E-state index contributed by atoms with van der Waals surface area (Å²) >= 11 is 0. The van der Waals surface area contributed by atoms with Crippen LogP contribution in [-0.4, -0.2) is 31.5 Å². The van der Waals surface area contributed by atoms with Crippen LogP contribution in [0.1, 0.15) is 5.56 Å². The summed E-state index contributed by atoms with van der Waals surface area (Å²) in [6.45, 7) is 0.463. The van der Waals surface area contributed by atoms with Crippen molar-refractivity contribution < 1.29 is 27.8 Å². The first-order valence-corrected chi connectivity index (χ1v) is 5.23. The van der Waals surface area contributed by atoms with Gasteiger partial charge in [-0.05, 0) is 18.2 Å². The van der Waals surface area contributed by atoms with E-state index in [1.807, 2.05) is 0 Å². The number of benzene rings is 1. The lowest BCUT2D eigenvalue weighted by molar-refractivity contribution is -0.137. The summed E-state index contributed by atoms with van der Waals surface area (Å²) in [7, 11) is 0. The fraction of sp³-hybridized carbons (Fsp3) is 0.455. The number of nitrogen functional groups attached to an aromatic ring is 1. The molecule has 0 spiro atoms. The summed E-state index contributed by atoms with van der Waals surface area (Å²) in [5.74, 6) is 0.176. The van der Waals surface area contributed by atoms with Crippen LogP contribution in [0.2, 0.25) is 0 Å². The maximum absolute atomic E-state index is 12.4. The van der Waals surface area contributed by atoms with Crippen LogP contribution in [-0.2, 0) is 10.9 Å². The summed E-state index contributed by atoms with van der Waals surface area (Å²) in [5.41, 5.74) is 4.56. The number of halogens is 3. The number of hydrogen-bond acceptors (Lipinski definition) is 4. The van der Waals surface area contributed by atoms with Gasteiger partial charge in [0.15, 0.2) is 0 Å². The third-order valence-electron chi connectivity index (χ3n) is 2.06. The molecule has 0 bridgehead atoms. The van der Waals surface area contributed by atoms with Crippen molar-refractivity contribution in [2.24, 2.45) is 0 Å². The fourth-order valence-electron chi connectivity index (χ4n) is 1.23. The second-order valence-electron chi connectivity index (χ2n) is 3.43. The number of aliphatic hydroxyl groups excluding tert-OH is 1. The standard InChI is InChI=1S/C11H14F3NO3/c12-11(13,14)8-1-2-10(9(15)7-8)18-6-5-17-4-3-16/h1-2,7,16H,3-6,15H2. The second kappa shape index (κ2) is 6.46. The minimum atomic E-state index is -4.42. The van der Waals surface area contributed by atoms with E-state index in [9.17, 15) is 13.2 Å². The van der Waals surface area contributed by atoms with Gasteiger partial charge in [-0.15, -0.1) is 0 Å². The number of anilines is 1. The first kappa shape index (κ1) is 14.6. The molecule has 1 aromatic rings. The highest BCUT2D eigenvalue weighted by atomic mass is 19.4. The zero-order chi connectivity index (χ0) is 13.6. The van der Waals surface area contributed by atoms with Crippen molar-refractivity contribution in [3.8, 4) is 5.75 Å². The quantitative estimate of drug-likeness (QED) is 0.606. The molecule has 7 heteroatoms.